The van der Waals surface area contributed by atoms with Gasteiger partial charge in [-0.3, -0.25) is 0 Å². The Morgan fingerprint density at radius 1 is 1.35 bits per heavy atom. The Kier molecular flexibility index (Phi) is 6.51. The first kappa shape index (κ1) is 15.5. The number of nitrogens with one attached hydrogen (secondary N) is 1. The number of benzene rings is 1. The van der Waals surface area contributed by atoms with Crippen molar-refractivity contribution in [2.24, 2.45) is 0 Å². The molecule has 2 unspecified atom stereocenters. The molecule has 0 bridgehead atoms. The van der Waals surface area contributed by atoms with Crippen molar-refractivity contribution in [3.05, 3.63) is 35.9 Å². The monoisotopic (exact) mass is 276 g/mol. The number of aliphatic hydroxyl groups excluding tert-OH is 1. The lowest BCUT2D eigenvalue weighted by atomic mass is 10.0. The van der Waals surface area contributed by atoms with Crippen LogP contribution in [0.3, 0.4) is 0 Å². The third-order valence-corrected chi connectivity index (χ3v) is 4.45. The molecule has 0 amide bonds. The third kappa shape index (κ3) is 4.30. The molecule has 1 fully saturated rings. The van der Waals surface area contributed by atoms with Gasteiger partial charge < -0.3 is 15.3 Å². The van der Waals surface area contributed by atoms with Gasteiger partial charge in [0.05, 0.1) is 0 Å². The number of nitrogens with zero attached hydrogens (tertiary/aromatic N) is 1. The minimum Gasteiger partial charge on any atom is -0.396 e. The standard InChI is InChI=1S/C17H28N2O/c1-18-17(15-7-3-2-4-8-15)11-13-19-12-5-9-16(19)10-6-14-20/h2-4,7-8,16-18,20H,5-6,9-14H2,1H3. The van der Waals surface area contributed by atoms with Crippen LogP contribution in [0.25, 0.3) is 0 Å². The fourth-order valence-electron chi connectivity index (χ4n) is 3.30. The van der Waals surface area contributed by atoms with Crippen LogP contribution < -0.4 is 5.32 Å². The lowest BCUT2D eigenvalue weighted by Crippen LogP contribution is -2.32. The fraction of sp³-hybridized carbons (Fsp3) is 0.647. The van der Waals surface area contributed by atoms with Gasteiger partial charge in [0.1, 0.15) is 0 Å². The normalized spacial score (nSPS) is 21.2. The van der Waals surface area contributed by atoms with E-state index < -0.39 is 0 Å². The predicted octanol–water partition coefficient (Wildman–Crippen LogP) is 2.57. The molecule has 1 aliphatic rings. The molecular weight excluding hydrogens is 248 g/mol. The first-order valence-electron chi connectivity index (χ1n) is 7.92. The summed E-state index contributed by atoms with van der Waals surface area (Å²) in [7, 11) is 2.05. The number of likely N-dealkylation sites (tertiary alicyclic amines) is 1. The van der Waals surface area contributed by atoms with E-state index >= 15 is 0 Å². The van der Waals surface area contributed by atoms with E-state index in [0.717, 1.165) is 25.8 Å². The maximum Gasteiger partial charge on any atom is 0.0431 e. The van der Waals surface area contributed by atoms with Crippen LogP contribution in [0.4, 0.5) is 0 Å². The highest BCUT2D eigenvalue weighted by Gasteiger charge is 2.24. The van der Waals surface area contributed by atoms with Gasteiger partial charge in [0.15, 0.2) is 0 Å². The summed E-state index contributed by atoms with van der Waals surface area (Å²) >= 11 is 0. The molecule has 1 heterocycles. The van der Waals surface area contributed by atoms with Gasteiger partial charge in [-0.2, -0.15) is 0 Å². The molecule has 0 aliphatic carbocycles. The molecule has 1 saturated heterocycles. The van der Waals surface area contributed by atoms with Crippen molar-refractivity contribution < 1.29 is 5.11 Å². The first-order chi connectivity index (χ1) is 9.85. The largest absolute Gasteiger partial charge is 0.396 e. The minimum atomic E-state index is 0.327. The highest BCUT2D eigenvalue weighted by molar-refractivity contribution is 5.18. The van der Waals surface area contributed by atoms with Crippen LogP contribution in [0.2, 0.25) is 0 Å². The van der Waals surface area contributed by atoms with Crippen molar-refractivity contribution in [2.45, 2.75) is 44.2 Å². The van der Waals surface area contributed by atoms with E-state index in [1.54, 1.807) is 0 Å². The summed E-state index contributed by atoms with van der Waals surface area (Å²) in [5, 5.41) is 12.4. The highest BCUT2D eigenvalue weighted by atomic mass is 16.2. The van der Waals surface area contributed by atoms with E-state index in [1.165, 1.54) is 24.9 Å². The van der Waals surface area contributed by atoms with Crippen molar-refractivity contribution >= 4 is 0 Å². The summed E-state index contributed by atoms with van der Waals surface area (Å²) in [5.41, 5.74) is 1.38. The Balaban J connectivity index is 1.83. The van der Waals surface area contributed by atoms with Crippen molar-refractivity contribution in [3.8, 4) is 0 Å². The van der Waals surface area contributed by atoms with E-state index in [1.807, 2.05) is 7.05 Å². The zero-order chi connectivity index (χ0) is 14.2. The highest BCUT2D eigenvalue weighted by Crippen LogP contribution is 2.24. The summed E-state index contributed by atoms with van der Waals surface area (Å²) in [5.74, 6) is 0. The molecule has 0 spiro atoms. The van der Waals surface area contributed by atoms with Crippen LogP contribution in [0.15, 0.2) is 30.3 Å². The Morgan fingerprint density at radius 2 is 2.15 bits per heavy atom. The van der Waals surface area contributed by atoms with Crippen LogP contribution in [0.5, 0.6) is 0 Å². The Labute approximate surface area is 123 Å². The quantitative estimate of drug-likeness (QED) is 0.766. The van der Waals surface area contributed by atoms with Crippen LogP contribution in [0.1, 0.15) is 43.7 Å². The number of rotatable bonds is 8. The molecule has 0 radical (unpaired) electrons. The van der Waals surface area contributed by atoms with E-state index in [-0.39, 0.29) is 0 Å². The molecular formula is C17H28N2O. The molecule has 3 nitrogen and oxygen atoms in total. The van der Waals surface area contributed by atoms with Crippen LogP contribution >= 0.6 is 0 Å². The zero-order valence-electron chi connectivity index (χ0n) is 12.6. The fourth-order valence-corrected chi connectivity index (χ4v) is 3.30. The van der Waals surface area contributed by atoms with Gasteiger partial charge in [-0.25, -0.2) is 0 Å². The van der Waals surface area contributed by atoms with Gasteiger partial charge in [0.25, 0.3) is 0 Å². The zero-order valence-corrected chi connectivity index (χ0v) is 12.6. The summed E-state index contributed by atoms with van der Waals surface area (Å²) in [6.45, 7) is 2.70. The van der Waals surface area contributed by atoms with Gasteiger partial charge in [0.2, 0.25) is 0 Å². The summed E-state index contributed by atoms with van der Waals surface area (Å²) in [6, 6.07) is 11.8. The molecule has 1 aromatic carbocycles. The summed E-state index contributed by atoms with van der Waals surface area (Å²) in [4.78, 5) is 2.61. The molecule has 2 rings (SSSR count). The first-order valence-corrected chi connectivity index (χ1v) is 7.92. The molecule has 1 aromatic rings. The number of hydrogen-bond acceptors (Lipinski definition) is 3. The SMILES string of the molecule is CNC(CCN1CCCC1CCCO)c1ccccc1. The molecule has 0 saturated carbocycles. The number of aliphatic hydroxyl groups is 1. The lowest BCUT2D eigenvalue weighted by molar-refractivity contribution is 0.208. The average Bonchev–Trinajstić information content (AvgIpc) is 2.94. The predicted molar refractivity (Wildman–Crippen MR) is 83.8 cm³/mol. The molecule has 0 aromatic heterocycles. The smallest absolute Gasteiger partial charge is 0.0431 e. The van der Waals surface area contributed by atoms with Gasteiger partial charge in [-0.1, -0.05) is 30.3 Å². The second-order valence-corrected chi connectivity index (χ2v) is 5.74. The van der Waals surface area contributed by atoms with Crippen LogP contribution in [-0.2, 0) is 0 Å². The Morgan fingerprint density at radius 3 is 2.85 bits per heavy atom. The van der Waals surface area contributed by atoms with E-state index in [9.17, 15) is 0 Å². The molecule has 1 aliphatic heterocycles. The van der Waals surface area contributed by atoms with Gasteiger partial charge >= 0.3 is 0 Å². The van der Waals surface area contributed by atoms with Crippen LogP contribution in [0, 0.1) is 0 Å². The molecule has 3 heteroatoms. The van der Waals surface area contributed by atoms with Gasteiger partial charge in [-0.15, -0.1) is 0 Å². The van der Waals surface area contributed by atoms with E-state index in [4.69, 9.17) is 5.11 Å². The van der Waals surface area contributed by atoms with Gasteiger partial charge in [0, 0.05) is 25.2 Å². The van der Waals surface area contributed by atoms with Gasteiger partial charge in [-0.05, 0) is 51.3 Å². The van der Waals surface area contributed by atoms with Crippen LogP contribution in [-0.4, -0.2) is 42.8 Å². The maximum absolute atomic E-state index is 8.99. The summed E-state index contributed by atoms with van der Waals surface area (Å²) in [6.07, 6.45) is 5.85. The summed E-state index contributed by atoms with van der Waals surface area (Å²) < 4.78 is 0. The molecule has 2 N–H and O–H groups in total. The maximum atomic E-state index is 8.99. The second-order valence-electron chi connectivity index (χ2n) is 5.74. The second kappa shape index (κ2) is 8.40. The average molecular weight is 276 g/mol. The van der Waals surface area contributed by atoms with E-state index in [0.29, 0.717) is 18.7 Å². The van der Waals surface area contributed by atoms with Crippen molar-refractivity contribution in [1.29, 1.82) is 0 Å². The topological polar surface area (TPSA) is 35.5 Å². The third-order valence-electron chi connectivity index (χ3n) is 4.45. The Bertz CT molecular complexity index is 369. The lowest BCUT2D eigenvalue weighted by Gasteiger charge is -2.26. The van der Waals surface area contributed by atoms with Crippen molar-refractivity contribution in [2.75, 3.05) is 26.7 Å². The number of hydrogen-bond donors (Lipinski definition) is 2. The van der Waals surface area contributed by atoms with Crippen molar-refractivity contribution in [1.82, 2.24) is 10.2 Å². The Hall–Kier alpha value is -0.900. The van der Waals surface area contributed by atoms with E-state index in [2.05, 4.69) is 40.5 Å². The molecule has 2 atom stereocenters. The molecule has 20 heavy (non-hydrogen) atoms. The minimum absolute atomic E-state index is 0.327. The van der Waals surface area contributed by atoms with Crippen molar-refractivity contribution in [3.63, 3.8) is 0 Å². The molecule has 112 valence electrons.